The van der Waals surface area contributed by atoms with Gasteiger partial charge in [0.2, 0.25) is 10.0 Å². The van der Waals surface area contributed by atoms with E-state index in [-0.39, 0.29) is 5.75 Å². The normalized spacial score (nSPS) is 19.3. The monoisotopic (exact) mass is 236 g/mol. The zero-order valence-corrected chi connectivity index (χ0v) is 9.98. The zero-order valence-electron chi connectivity index (χ0n) is 9.16. The molecule has 0 bridgehead atoms. The van der Waals surface area contributed by atoms with Crippen LogP contribution in [-0.2, 0) is 14.8 Å². The Hall–Kier alpha value is -0.170. The van der Waals surface area contributed by atoms with E-state index in [1.165, 1.54) is 0 Å². The second kappa shape index (κ2) is 6.42. The Balaban J connectivity index is 2.14. The summed E-state index contributed by atoms with van der Waals surface area (Å²) in [5.74, 6) is 0.151. The first kappa shape index (κ1) is 12.9. The van der Waals surface area contributed by atoms with Gasteiger partial charge < -0.3 is 10.1 Å². The fourth-order valence-corrected chi connectivity index (χ4v) is 2.56. The van der Waals surface area contributed by atoms with Gasteiger partial charge in [-0.1, -0.05) is 6.92 Å². The van der Waals surface area contributed by atoms with Gasteiger partial charge in [0.25, 0.3) is 0 Å². The van der Waals surface area contributed by atoms with E-state index in [0.717, 1.165) is 26.1 Å². The van der Waals surface area contributed by atoms with Crippen LogP contribution in [-0.4, -0.2) is 46.5 Å². The van der Waals surface area contributed by atoms with Crippen LogP contribution in [0.4, 0.5) is 0 Å². The molecule has 1 aliphatic heterocycles. The molecule has 0 aromatic rings. The van der Waals surface area contributed by atoms with Crippen LogP contribution in [0.2, 0.25) is 0 Å². The highest BCUT2D eigenvalue weighted by atomic mass is 32.2. The molecule has 1 fully saturated rings. The SMILES string of the molecule is CCNS(=O)(=O)CCNC1CCOCC1. The van der Waals surface area contributed by atoms with Crippen LogP contribution in [0, 0.1) is 0 Å². The molecule has 1 aliphatic rings. The third-order valence-electron chi connectivity index (χ3n) is 2.39. The molecule has 0 radical (unpaired) electrons. The molecule has 0 unspecified atom stereocenters. The second-order valence-corrected chi connectivity index (χ2v) is 5.58. The van der Waals surface area contributed by atoms with Gasteiger partial charge in [0, 0.05) is 32.3 Å². The molecule has 2 N–H and O–H groups in total. The Morgan fingerprint density at radius 2 is 2.00 bits per heavy atom. The van der Waals surface area contributed by atoms with Crippen molar-refractivity contribution in [2.45, 2.75) is 25.8 Å². The van der Waals surface area contributed by atoms with Crippen molar-refractivity contribution in [3.05, 3.63) is 0 Å². The third kappa shape index (κ3) is 5.46. The van der Waals surface area contributed by atoms with Crippen LogP contribution in [0.15, 0.2) is 0 Å². The summed E-state index contributed by atoms with van der Waals surface area (Å²) in [5.41, 5.74) is 0. The molecule has 0 atom stereocenters. The number of hydrogen-bond donors (Lipinski definition) is 2. The summed E-state index contributed by atoms with van der Waals surface area (Å²) in [6.45, 7) is 4.30. The van der Waals surface area contributed by atoms with Gasteiger partial charge in [-0.05, 0) is 12.8 Å². The van der Waals surface area contributed by atoms with Gasteiger partial charge in [0.15, 0.2) is 0 Å². The summed E-state index contributed by atoms with van der Waals surface area (Å²) in [6, 6.07) is 0.413. The summed E-state index contributed by atoms with van der Waals surface area (Å²) in [5, 5.41) is 3.24. The minimum Gasteiger partial charge on any atom is -0.381 e. The van der Waals surface area contributed by atoms with Crippen molar-refractivity contribution >= 4 is 10.0 Å². The average molecular weight is 236 g/mol. The fraction of sp³-hybridized carbons (Fsp3) is 1.00. The van der Waals surface area contributed by atoms with Crippen molar-refractivity contribution < 1.29 is 13.2 Å². The van der Waals surface area contributed by atoms with E-state index in [9.17, 15) is 8.42 Å². The molecular formula is C9H20N2O3S. The molecule has 0 spiro atoms. The Bertz CT molecular complexity index is 261. The molecule has 15 heavy (non-hydrogen) atoms. The Kier molecular flexibility index (Phi) is 5.52. The van der Waals surface area contributed by atoms with E-state index >= 15 is 0 Å². The quantitative estimate of drug-likeness (QED) is 0.664. The van der Waals surface area contributed by atoms with Gasteiger partial charge in [-0.15, -0.1) is 0 Å². The first-order valence-corrected chi connectivity index (χ1v) is 7.08. The predicted molar refractivity (Wildman–Crippen MR) is 59.3 cm³/mol. The van der Waals surface area contributed by atoms with Gasteiger partial charge in [-0.25, -0.2) is 13.1 Å². The van der Waals surface area contributed by atoms with Gasteiger partial charge in [-0.3, -0.25) is 0 Å². The number of nitrogens with one attached hydrogen (secondary N) is 2. The van der Waals surface area contributed by atoms with Crippen molar-refractivity contribution in [2.24, 2.45) is 0 Å². The highest BCUT2D eigenvalue weighted by molar-refractivity contribution is 7.89. The van der Waals surface area contributed by atoms with Crippen LogP contribution in [0.25, 0.3) is 0 Å². The van der Waals surface area contributed by atoms with Gasteiger partial charge in [0.05, 0.1) is 5.75 Å². The summed E-state index contributed by atoms with van der Waals surface area (Å²) in [6.07, 6.45) is 1.95. The maximum absolute atomic E-state index is 11.3. The molecule has 0 aliphatic carbocycles. The van der Waals surface area contributed by atoms with Crippen LogP contribution in [0.1, 0.15) is 19.8 Å². The molecule has 1 rings (SSSR count). The maximum Gasteiger partial charge on any atom is 0.212 e. The Labute approximate surface area is 91.6 Å². The van der Waals surface area contributed by atoms with Crippen molar-refractivity contribution in [1.82, 2.24) is 10.0 Å². The zero-order chi connectivity index (χ0) is 11.1. The molecule has 1 heterocycles. The lowest BCUT2D eigenvalue weighted by Gasteiger charge is -2.23. The molecule has 1 saturated heterocycles. The van der Waals surface area contributed by atoms with Gasteiger partial charge in [-0.2, -0.15) is 0 Å². The van der Waals surface area contributed by atoms with Crippen molar-refractivity contribution in [3.63, 3.8) is 0 Å². The molecular weight excluding hydrogens is 216 g/mol. The fourth-order valence-electron chi connectivity index (χ4n) is 1.59. The largest absolute Gasteiger partial charge is 0.381 e. The maximum atomic E-state index is 11.3. The minimum absolute atomic E-state index is 0.151. The van der Waals surface area contributed by atoms with E-state index in [2.05, 4.69) is 10.0 Å². The number of ether oxygens (including phenoxy) is 1. The van der Waals surface area contributed by atoms with Gasteiger partial charge in [0.1, 0.15) is 0 Å². The lowest BCUT2D eigenvalue weighted by molar-refractivity contribution is 0.0785. The van der Waals surface area contributed by atoms with Crippen molar-refractivity contribution in [3.8, 4) is 0 Å². The van der Waals surface area contributed by atoms with Crippen LogP contribution in [0.3, 0.4) is 0 Å². The first-order chi connectivity index (χ1) is 7.14. The highest BCUT2D eigenvalue weighted by Crippen LogP contribution is 2.05. The first-order valence-electron chi connectivity index (χ1n) is 5.42. The summed E-state index contributed by atoms with van der Waals surface area (Å²) in [7, 11) is -3.08. The Morgan fingerprint density at radius 3 is 2.60 bits per heavy atom. The van der Waals surface area contributed by atoms with E-state index < -0.39 is 10.0 Å². The smallest absolute Gasteiger partial charge is 0.212 e. The predicted octanol–water partition coefficient (Wildman–Crippen LogP) is -0.306. The molecule has 0 aromatic heterocycles. The standard InChI is InChI=1S/C9H20N2O3S/c1-2-11-15(12,13)8-5-10-9-3-6-14-7-4-9/h9-11H,2-8H2,1H3. The molecule has 90 valence electrons. The minimum atomic E-state index is -3.08. The molecule has 0 amide bonds. The lowest BCUT2D eigenvalue weighted by Crippen LogP contribution is -2.39. The average Bonchev–Trinajstić information content (AvgIpc) is 2.19. The second-order valence-electron chi connectivity index (χ2n) is 3.66. The number of sulfonamides is 1. The van der Waals surface area contributed by atoms with Crippen LogP contribution in [0.5, 0.6) is 0 Å². The number of rotatable bonds is 6. The van der Waals surface area contributed by atoms with E-state index in [1.807, 2.05) is 0 Å². The summed E-state index contributed by atoms with van der Waals surface area (Å²) >= 11 is 0. The highest BCUT2D eigenvalue weighted by Gasteiger charge is 2.14. The van der Waals surface area contributed by atoms with E-state index in [0.29, 0.717) is 19.1 Å². The Morgan fingerprint density at radius 1 is 1.33 bits per heavy atom. The summed E-state index contributed by atoms with van der Waals surface area (Å²) < 4.78 is 30.3. The lowest BCUT2D eigenvalue weighted by atomic mass is 10.1. The van der Waals surface area contributed by atoms with E-state index in [4.69, 9.17) is 4.74 Å². The van der Waals surface area contributed by atoms with E-state index in [1.54, 1.807) is 6.92 Å². The van der Waals surface area contributed by atoms with Crippen LogP contribution < -0.4 is 10.0 Å². The molecule has 5 nitrogen and oxygen atoms in total. The molecule has 6 heteroatoms. The van der Waals surface area contributed by atoms with Crippen LogP contribution >= 0.6 is 0 Å². The number of hydrogen-bond acceptors (Lipinski definition) is 4. The molecule has 0 saturated carbocycles. The third-order valence-corrected chi connectivity index (χ3v) is 3.86. The molecule has 0 aromatic carbocycles. The van der Waals surface area contributed by atoms with Gasteiger partial charge >= 0.3 is 0 Å². The van der Waals surface area contributed by atoms with Crippen molar-refractivity contribution in [1.29, 1.82) is 0 Å². The van der Waals surface area contributed by atoms with Crippen molar-refractivity contribution in [2.75, 3.05) is 32.1 Å². The summed E-state index contributed by atoms with van der Waals surface area (Å²) in [4.78, 5) is 0. The topological polar surface area (TPSA) is 67.4 Å².